The third-order valence-corrected chi connectivity index (χ3v) is 4.05. The summed E-state index contributed by atoms with van der Waals surface area (Å²) in [4.78, 5) is 12.5. The molecule has 0 saturated heterocycles. The van der Waals surface area contributed by atoms with Gasteiger partial charge in [-0.25, -0.2) is 0 Å². The quantitative estimate of drug-likeness (QED) is 0.733. The largest absolute Gasteiger partial charge is 0.497 e. The first-order valence-electron chi connectivity index (χ1n) is 7.31. The number of hydrogen-bond acceptors (Lipinski definition) is 4. The van der Waals surface area contributed by atoms with Crippen LogP contribution in [-0.2, 0) is 0 Å². The molecule has 2 aromatic rings. The number of nitriles is 2. The Labute approximate surface area is 145 Å². The zero-order valence-electron chi connectivity index (χ0n) is 13.1. The maximum Gasteiger partial charge on any atom is 0.163 e. The van der Waals surface area contributed by atoms with Crippen LogP contribution in [0.25, 0.3) is 0 Å². The minimum atomic E-state index is -0.908. The van der Waals surface area contributed by atoms with Gasteiger partial charge in [0.1, 0.15) is 11.7 Å². The molecule has 0 bridgehead atoms. The number of methoxy groups -OCH3 is 1. The van der Waals surface area contributed by atoms with Crippen LogP contribution in [0.15, 0.2) is 48.5 Å². The number of Topliss-reactive ketones (excluding diaryl/α,β-unsaturated/α-hetero) is 1. The normalized spacial score (nSPS) is 11.4. The van der Waals surface area contributed by atoms with Crippen LogP contribution in [0.1, 0.15) is 28.3 Å². The fourth-order valence-electron chi connectivity index (χ4n) is 2.44. The molecule has 120 valence electrons. The summed E-state index contributed by atoms with van der Waals surface area (Å²) in [5.74, 6) is -0.876. The molecule has 0 aliphatic heterocycles. The van der Waals surface area contributed by atoms with E-state index in [2.05, 4.69) is 0 Å². The number of rotatable bonds is 6. The van der Waals surface area contributed by atoms with Crippen LogP contribution in [0.4, 0.5) is 0 Å². The number of halogens is 1. The molecule has 0 aliphatic carbocycles. The first-order valence-corrected chi connectivity index (χ1v) is 7.68. The lowest BCUT2D eigenvalue weighted by atomic mass is 9.83. The number of nitrogens with zero attached hydrogens (tertiary/aromatic N) is 2. The maximum absolute atomic E-state index is 12.5. The average molecular weight is 339 g/mol. The molecule has 0 radical (unpaired) electrons. The Morgan fingerprint density at radius 1 is 1.08 bits per heavy atom. The zero-order chi connectivity index (χ0) is 17.5. The Kier molecular flexibility index (Phi) is 5.95. The van der Waals surface area contributed by atoms with Crippen LogP contribution < -0.4 is 4.74 Å². The van der Waals surface area contributed by atoms with Gasteiger partial charge in [0.25, 0.3) is 0 Å². The van der Waals surface area contributed by atoms with Crippen molar-refractivity contribution < 1.29 is 9.53 Å². The fraction of sp³-hybridized carbons (Fsp3) is 0.211. The van der Waals surface area contributed by atoms with Gasteiger partial charge in [-0.15, -0.1) is 0 Å². The van der Waals surface area contributed by atoms with Gasteiger partial charge in [-0.1, -0.05) is 23.7 Å². The molecule has 1 atom stereocenters. The second-order valence-corrected chi connectivity index (χ2v) is 5.69. The van der Waals surface area contributed by atoms with Gasteiger partial charge in [0.05, 0.1) is 19.2 Å². The van der Waals surface area contributed by atoms with Crippen molar-refractivity contribution in [2.45, 2.75) is 12.3 Å². The number of ketones is 1. The second kappa shape index (κ2) is 8.15. The van der Waals surface area contributed by atoms with Gasteiger partial charge >= 0.3 is 0 Å². The molecule has 1 unspecified atom stereocenters. The predicted octanol–water partition coefficient (Wildman–Crippen LogP) is 4.37. The molecular weight excluding hydrogens is 324 g/mol. The number of carbonyl (C=O) groups excluding carboxylic acids is 1. The van der Waals surface area contributed by atoms with Gasteiger partial charge in [-0.3, -0.25) is 4.79 Å². The van der Waals surface area contributed by atoms with E-state index in [4.69, 9.17) is 16.3 Å². The Morgan fingerprint density at radius 2 is 1.67 bits per heavy atom. The van der Waals surface area contributed by atoms with Gasteiger partial charge < -0.3 is 4.74 Å². The standard InChI is InChI=1S/C19H15ClN2O2/c1-24-17-8-4-13(5-9-17)18(15(11-21)12-22)10-19(23)14-2-6-16(20)7-3-14/h2-9,15,18H,10H2,1H3. The molecule has 0 aromatic heterocycles. The van der Waals surface area contributed by atoms with E-state index in [9.17, 15) is 15.3 Å². The van der Waals surface area contributed by atoms with Crippen molar-refractivity contribution in [1.82, 2.24) is 0 Å². The Bertz CT molecular complexity index is 772. The molecule has 2 aromatic carbocycles. The van der Waals surface area contributed by atoms with E-state index in [0.29, 0.717) is 16.3 Å². The van der Waals surface area contributed by atoms with Gasteiger partial charge in [-0.05, 0) is 42.0 Å². The van der Waals surface area contributed by atoms with E-state index in [1.54, 1.807) is 55.6 Å². The predicted molar refractivity (Wildman–Crippen MR) is 90.9 cm³/mol. The maximum atomic E-state index is 12.5. The minimum Gasteiger partial charge on any atom is -0.497 e. The van der Waals surface area contributed by atoms with Crippen molar-refractivity contribution in [3.63, 3.8) is 0 Å². The summed E-state index contributed by atoms with van der Waals surface area (Å²) in [5.41, 5.74) is 1.26. The number of carbonyl (C=O) groups is 1. The highest BCUT2D eigenvalue weighted by Crippen LogP contribution is 2.30. The third-order valence-electron chi connectivity index (χ3n) is 3.80. The summed E-state index contributed by atoms with van der Waals surface area (Å²) in [5, 5.41) is 19.1. The van der Waals surface area contributed by atoms with E-state index < -0.39 is 11.8 Å². The molecule has 5 heteroatoms. The summed E-state index contributed by atoms with van der Waals surface area (Å²) in [6.45, 7) is 0. The van der Waals surface area contributed by atoms with Crippen LogP contribution in [-0.4, -0.2) is 12.9 Å². The van der Waals surface area contributed by atoms with E-state index in [0.717, 1.165) is 5.56 Å². The summed E-state index contributed by atoms with van der Waals surface area (Å²) in [7, 11) is 1.56. The van der Waals surface area contributed by atoms with Crippen LogP contribution in [0, 0.1) is 28.6 Å². The number of benzene rings is 2. The second-order valence-electron chi connectivity index (χ2n) is 5.25. The smallest absolute Gasteiger partial charge is 0.163 e. The zero-order valence-corrected chi connectivity index (χ0v) is 13.8. The Balaban J connectivity index is 2.29. The Hall–Kier alpha value is -2.82. The lowest BCUT2D eigenvalue weighted by Crippen LogP contribution is -2.15. The van der Waals surface area contributed by atoms with Crippen LogP contribution >= 0.6 is 11.6 Å². The van der Waals surface area contributed by atoms with Gasteiger partial charge in [0, 0.05) is 22.9 Å². The summed E-state index contributed by atoms with van der Waals surface area (Å²) in [6, 6.07) is 17.6. The van der Waals surface area contributed by atoms with E-state index in [-0.39, 0.29) is 12.2 Å². The highest BCUT2D eigenvalue weighted by Gasteiger charge is 2.26. The molecule has 0 N–H and O–H groups in total. The topological polar surface area (TPSA) is 73.9 Å². The van der Waals surface area contributed by atoms with Crippen molar-refractivity contribution in [3.05, 3.63) is 64.7 Å². The van der Waals surface area contributed by atoms with Crippen LogP contribution in [0.5, 0.6) is 5.75 Å². The SMILES string of the molecule is COc1ccc(C(CC(=O)c2ccc(Cl)cc2)C(C#N)C#N)cc1. The van der Waals surface area contributed by atoms with Gasteiger partial charge in [0.2, 0.25) is 0 Å². The lowest BCUT2D eigenvalue weighted by Gasteiger charge is -2.17. The number of hydrogen-bond donors (Lipinski definition) is 0. The molecule has 0 fully saturated rings. The van der Waals surface area contributed by atoms with Crippen molar-refractivity contribution in [1.29, 1.82) is 10.5 Å². The van der Waals surface area contributed by atoms with Gasteiger partial charge in [0.15, 0.2) is 5.78 Å². The van der Waals surface area contributed by atoms with Crippen molar-refractivity contribution in [2.24, 2.45) is 5.92 Å². The highest BCUT2D eigenvalue weighted by molar-refractivity contribution is 6.30. The molecule has 0 heterocycles. The van der Waals surface area contributed by atoms with Crippen molar-refractivity contribution >= 4 is 17.4 Å². The fourth-order valence-corrected chi connectivity index (χ4v) is 2.57. The molecule has 0 amide bonds. The Morgan fingerprint density at radius 3 is 2.17 bits per heavy atom. The van der Waals surface area contributed by atoms with E-state index >= 15 is 0 Å². The monoisotopic (exact) mass is 338 g/mol. The van der Waals surface area contributed by atoms with Crippen LogP contribution in [0.2, 0.25) is 5.02 Å². The third kappa shape index (κ3) is 4.13. The van der Waals surface area contributed by atoms with Gasteiger partial charge in [-0.2, -0.15) is 10.5 Å². The molecule has 24 heavy (non-hydrogen) atoms. The van der Waals surface area contributed by atoms with Crippen molar-refractivity contribution in [2.75, 3.05) is 7.11 Å². The first-order chi connectivity index (χ1) is 11.6. The highest BCUT2D eigenvalue weighted by atomic mass is 35.5. The molecule has 0 saturated carbocycles. The number of ether oxygens (including phenoxy) is 1. The summed E-state index contributed by atoms with van der Waals surface area (Å²) in [6.07, 6.45) is 0.0692. The molecule has 4 nitrogen and oxygen atoms in total. The average Bonchev–Trinajstić information content (AvgIpc) is 2.62. The molecule has 2 rings (SSSR count). The van der Waals surface area contributed by atoms with Crippen molar-refractivity contribution in [3.8, 4) is 17.9 Å². The first kappa shape index (κ1) is 17.5. The molecular formula is C19H15ClN2O2. The van der Waals surface area contributed by atoms with E-state index in [1.807, 2.05) is 12.1 Å². The minimum absolute atomic E-state index is 0.0692. The summed E-state index contributed by atoms with van der Waals surface area (Å²) < 4.78 is 5.11. The van der Waals surface area contributed by atoms with Crippen LogP contribution in [0.3, 0.4) is 0 Å². The molecule has 0 spiro atoms. The lowest BCUT2D eigenvalue weighted by molar-refractivity contribution is 0.0971. The van der Waals surface area contributed by atoms with E-state index in [1.165, 1.54) is 0 Å². The molecule has 0 aliphatic rings. The summed E-state index contributed by atoms with van der Waals surface area (Å²) >= 11 is 5.83.